The third-order valence-electron chi connectivity index (χ3n) is 1.92. The number of aromatic nitrogens is 1. The number of methoxy groups -OCH3 is 1. The van der Waals surface area contributed by atoms with Crippen molar-refractivity contribution in [3.05, 3.63) is 23.5 Å². The van der Waals surface area contributed by atoms with E-state index in [1.807, 2.05) is 0 Å². The molecule has 1 heterocycles. The molecule has 17 heavy (non-hydrogen) atoms. The van der Waals surface area contributed by atoms with Crippen LogP contribution in [0.15, 0.2) is 23.2 Å². The summed E-state index contributed by atoms with van der Waals surface area (Å²) in [5.41, 5.74) is 0. The Bertz CT molecular complexity index is 466. The Morgan fingerprint density at radius 3 is 2.88 bits per heavy atom. The number of rotatable bonds is 6. The van der Waals surface area contributed by atoms with E-state index in [0.29, 0.717) is 0 Å². The number of pyridine rings is 1. The molecule has 0 amide bonds. The van der Waals surface area contributed by atoms with Crippen LogP contribution in [0.4, 0.5) is 0 Å². The lowest BCUT2D eigenvalue weighted by Gasteiger charge is -2.15. The van der Waals surface area contributed by atoms with E-state index in [4.69, 9.17) is 21.4 Å². The highest BCUT2D eigenvalue weighted by molar-refractivity contribution is 7.89. The molecule has 1 unspecified atom stereocenters. The van der Waals surface area contributed by atoms with Crippen LogP contribution in [-0.2, 0) is 14.8 Å². The molecule has 8 heteroatoms. The van der Waals surface area contributed by atoms with Crippen LogP contribution in [0.3, 0.4) is 0 Å². The molecule has 1 rings (SSSR count). The van der Waals surface area contributed by atoms with Gasteiger partial charge in [-0.3, -0.25) is 0 Å². The van der Waals surface area contributed by atoms with Crippen LogP contribution in [0, 0.1) is 0 Å². The summed E-state index contributed by atoms with van der Waals surface area (Å²) in [6.45, 7) is -0.277. The predicted octanol–water partition coefficient (Wildman–Crippen LogP) is 0.0206. The maximum absolute atomic E-state index is 11.9. The first-order valence-corrected chi connectivity index (χ1v) is 6.59. The summed E-state index contributed by atoms with van der Waals surface area (Å²) in [4.78, 5) is 3.68. The van der Waals surface area contributed by atoms with Gasteiger partial charge in [0.05, 0.1) is 24.2 Å². The Balaban J connectivity index is 2.88. The first-order chi connectivity index (χ1) is 7.99. The number of halogens is 1. The van der Waals surface area contributed by atoms with Gasteiger partial charge in [-0.15, -0.1) is 0 Å². The fourth-order valence-electron chi connectivity index (χ4n) is 1.16. The van der Waals surface area contributed by atoms with Gasteiger partial charge in [-0.2, -0.15) is 0 Å². The number of nitrogens with zero attached hydrogens (tertiary/aromatic N) is 1. The second-order valence-corrected chi connectivity index (χ2v) is 5.37. The molecular formula is C9H13ClN2O4S. The van der Waals surface area contributed by atoms with E-state index in [0.717, 1.165) is 0 Å². The molecule has 0 saturated heterocycles. The minimum atomic E-state index is -3.73. The fraction of sp³-hybridized carbons (Fsp3) is 0.444. The van der Waals surface area contributed by atoms with E-state index in [9.17, 15) is 8.42 Å². The van der Waals surface area contributed by atoms with Crippen LogP contribution in [0.1, 0.15) is 0 Å². The Hall–Kier alpha value is -0.730. The predicted molar refractivity (Wildman–Crippen MR) is 62.3 cm³/mol. The van der Waals surface area contributed by atoms with Crippen LogP contribution in [0.25, 0.3) is 0 Å². The smallest absolute Gasteiger partial charge is 0.241 e. The zero-order valence-electron chi connectivity index (χ0n) is 9.13. The molecule has 0 bridgehead atoms. The van der Waals surface area contributed by atoms with Crippen molar-refractivity contribution in [2.24, 2.45) is 0 Å². The summed E-state index contributed by atoms with van der Waals surface area (Å²) >= 11 is 5.61. The Kier molecular flexibility index (Phi) is 5.29. The lowest BCUT2D eigenvalue weighted by molar-refractivity contribution is 0.139. The molecular weight excluding hydrogens is 268 g/mol. The summed E-state index contributed by atoms with van der Waals surface area (Å²) in [5.74, 6) is 0. The lowest BCUT2D eigenvalue weighted by atomic mass is 10.4. The molecule has 1 aromatic heterocycles. The first-order valence-electron chi connectivity index (χ1n) is 4.73. The maximum atomic E-state index is 11.9. The van der Waals surface area contributed by atoms with Crippen molar-refractivity contribution in [1.82, 2.24) is 9.71 Å². The Morgan fingerprint density at radius 1 is 1.65 bits per heavy atom. The van der Waals surface area contributed by atoms with Gasteiger partial charge in [-0.25, -0.2) is 18.1 Å². The van der Waals surface area contributed by atoms with Crippen LogP contribution in [0.5, 0.6) is 0 Å². The fourth-order valence-corrected chi connectivity index (χ4v) is 2.63. The van der Waals surface area contributed by atoms with Crippen LogP contribution in [0.2, 0.25) is 5.15 Å². The number of hydrogen-bond acceptors (Lipinski definition) is 5. The molecule has 0 spiro atoms. The SMILES string of the molecule is COCC(CO)NS(=O)(=O)c1ccnc(Cl)c1. The van der Waals surface area contributed by atoms with E-state index < -0.39 is 16.1 Å². The van der Waals surface area contributed by atoms with Gasteiger partial charge in [0.15, 0.2) is 0 Å². The minimum absolute atomic E-state index is 0.00736. The average Bonchev–Trinajstić information content (AvgIpc) is 2.28. The number of hydrogen-bond donors (Lipinski definition) is 2. The van der Waals surface area contributed by atoms with Gasteiger partial charge in [-0.05, 0) is 12.1 Å². The monoisotopic (exact) mass is 280 g/mol. The number of sulfonamides is 1. The van der Waals surface area contributed by atoms with Crippen LogP contribution in [-0.4, -0.2) is 44.9 Å². The summed E-state index contributed by atoms with van der Waals surface area (Å²) in [6, 6.07) is 1.84. The van der Waals surface area contributed by atoms with Gasteiger partial charge in [0.1, 0.15) is 5.15 Å². The summed E-state index contributed by atoms with van der Waals surface area (Å²) < 4.78 is 30.8. The largest absolute Gasteiger partial charge is 0.395 e. The van der Waals surface area contributed by atoms with Gasteiger partial charge < -0.3 is 9.84 Å². The lowest BCUT2D eigenvalue weighted by Crippen LogP contribution is -2.40. The number of aliphatic hydroxyl groups excluding tert-OH is 1. The van der Waals surface area contributed by atoms with Crippen molar-refractivity contribution >= 4 is 21.6 Å². The number of nitrogens with one attached hydrogen (secondary N) is 1. The number of aliphatic hydroxyl groups is 1. The highest BCUT2D eigenvalue weighted by Gasteiger charge is 2.19. The van der Waals surface area contributed by atoms with Gasteiger partial charge in [0.25, 0.3) is 0 Å². The Labute approximate surface area is 105 Å². The minimum Gasteiger partial charge on any atom is -0.395 e. The molecule has 96 valence electrons. The highest BCUT2D eigenvalue weighted by Crippen LogP contribution is 2.12. The summed E-state index contributed by atoms with van der Waals surface area (Å²) in [7, 11) is -2.31. The molecule has 1 atom stereocenters. The van der Waals surface area contributed by atoms with E-state index >= 15 is 0 Å². The first kappa shape index (κ1) is 14.3. The molecule has 0 aliphatic carbocycles. The van der Waals surface area contributed by atoms with Crippen molar-refractivity contribution < 1.29 is 18.3 Å². The third kappa shape index (κ3) is 4.21. The van der Waals surface area contributed by atoms with E-state index in [1.165, 1.54) is 25.4 Å². The van der Waals surface area contributed by atoms with Crippen molar-refractivity contribution in [3.63, 3.8) is 0 Å². The Morgan fingerprint density at radius 2 is 2.35 bits per heavy atom. The van der Waals surface area contributed by atoms with Gasteiger partial charge in [0.2, 0.25) is 10.0 Å². The van der Waals surface area contributed by atoms with Gasteiger partial charge >= 0.3 is 0 Å². The molecule has 0 radical (unpaired) electrons. The summed E-state index contributed by atoms with van der Waals surface area (Å²) in [6.07, 6.45) is 1.29. The molecule has 0 saturated carbocycles. The molecule has 0 aromatic carbocycles. The van der Waals surface area contributed by atoms with E-state index in [1.54, 1.807) is 0 Å². The van der Waals surface area contributed by atoms with E-state index in [-0.39, 0.29) is 23.3 Å². The third-order valence-corrected chi connectivity index (χ3v) is 3.64. The quantitative estimate of drug-likeness (QED) is 0.717. The highest BCUT2D eigenvalue weighted by atomic mass is 35.5. The molecule has 0 fully saturated rings. The molecule has 2 N–H and O–H groups in total. The zero-order valence-corrected chi connectivity index (χ0v) is 10.7. The molecule has 6 nitrogen and oxygen atoms in total. The average molecular weight is 281 g/mol. The van der Waals surface area contributed by atoms with Crippen LogP contribution < -0.4 is 4.72 Å². The van der Waals surface area contributed by atoms with Gasteiger partial charge in [-0.1, -0.05) is 11.6 Å². The second-order valence-electron chi connectivity index (χ2n) is 3.27. The number of ether oxygens (including phenoxy) is 1. The maximum Gasteiger partial charge on any atom is 0.241 e. The van der Waals surface area contributed by atoms with Crippen molar-refractivity contribution in [2.45, 2.75) is 10.9 Å². The molecule has 0 aliphatic heterocycles. The van der Waals surface area contributed by atoms with Gasteiger partial charge in [0, 0.05) is 13.3 Å². The molecule has 0 aliphatic rings. The topological polar surface area (TPSA) is 88.5 Å². The molecule has 1 aromatic rings. The second kappa shape index (κ2) is 6.27. The summed E-state index contributed by atoms with van der Waals surface area (Å²) in [5, 5.41) is 9.06. The standard InChI is InChI=1S/C9H13ClN2O4S/c1-16-6-7(5-13)12-17(14,15)8-2-3-11-9(10)4-8/h2-4,7,12-13H,5-6H2,1H3. The van der Waals surface area contributed by atoms with Crippen LogP contribution >= 0.6 is 11.6 Å². The zero-order chi connectivity index (χ0) is 12.9. The normalized spacial score (nSPS) is 13.6. The van der Waals surface area contributed by atoms with Crippen molar-refractivity contribution in [2.75, 3.05) is 20.3 Å². The van der Waals surface area contributed by atoms with Crippen molar-refractivity contribution in [3.8, 4) is 0 Å². The van der Waals surface area contributed by atoms with E-state index in [2.05, 4.69) is 9.71 Å². The van der Waals surface area contributed by atoms with Crippen molar-refractivity contribution in [1.29, 1.82) is 0 Å².